The van der Waals surface area contributed by atoms with E-state index in [9.17, 15) is 13.6 Å². The molecule has 0 saturated heterocycles. The molecule has 18 heavy (non-hydrogen) atoms. The lowest BCUT2D eigenvalue weighted by molar-refractivity contribution is 0.584. The molecule has 0 aliphatic rings. The Morgan fingerprint density at radius 3 is 2.33 bits per heavy atom. The van der Waals surface area contributed by atoms with Crippen LogP contribution in [0.1, 0.15) is 18.2 Å². The molecule has 2 aromatic rings. The molecule has 0 saturated carbocycles. The summed E-state index contributed by atoms with van der Waals surface area (Å²) in [6, 6.07) is 3.04. The lowest BCUT2D eigenvalue weighted by atomic mass is 10.1. The van der Waals surface area contributed by atoms with Gasteiger partial charge in [0.05, 0.1) is 0 Å². The molecule has 2 rings (SSSR count). The van der Waals surface area contributed by atoms with Crippen molar-refractivity contribution in [3.05, 3.63) is 51.4 Å². The topological polar surface area (TPSA) is 45.8 Å². The van der Waals surface area contributed by atoms with E-state index in [1.165, 1.54) is 0 Å². The van der Waals surface area contributed by atoms with Crippen molar-refractivity contribution in [2.45, 2.75) is 20.3 Å². The summed E-state index contributed by atoms with van der Waals surface area (Å²) in [5.41, 5.74) is 1.09. The van der Waals surface area contributed by atoms with Crippen molar-refractivity contribution in [1.29, 1.82) is 0 Å². The number of aryl methyl sites for hydroxylation is 1. The highest BCUT2D eigenvalue weighted by molar-refractivity contribution is 5.55. The normalized spacial score (nSPS) is 10.7. The van der Waals surface area contributed by atoms with Gasteiger partial charge in [-0.1, -0.05) is 6.92 Å². The van der Waals surface area contributed by atoms with Gasteiger partial charge in [-0.3, -0.25) is 4.79 Å². The largest absolute Gasteiger partial charge is 0.306 e. The molecule has 0 aliphatic heterocycles. The number of hydrogen-bond acceptors (Lipinski definition) is 2. The van der Waals surface area contributed by atoms with Gasteiger partial charge in [0.15, 0.2) is 0 Å². The second-order valence-corrected chi connectivity index (χ2v) is 3.99. The van der Waals surface area contributed by atoms with E-state index in [1.54, 1.807) is 6.92 Å². The van der Waals surface area contributed by atoms with Crippen molar-refractivity contribution in [2.24, 2.45) is 0 Å². The minimum absolute atomic E-state index is 0.174. The molecule has 1 aromatic carbocycles. The van der Waals surface area contributed by atoms with Gasteiger partial charge in [0, 0.05) is 22.9 Å². The predicted molar refractivity (Wildman–Crippen MR) is 64.3 cm³/mol. The Labute approximate surface area is 103 Å². The summed E-state index contributed by atoms with van der Waals surface area (Å²) < 4.78 is 26.2. The molecule has 0 aliphatic carbocycles. The molecule has 1 heterocycles. The Bertz CT molecular complexity index is 630. The average Bonchev–Trinajstić information content (AvgIpc) is 2.27. The van der Waals surface area contributed by atoms with Crippen molar-refractivity contribution >= 4 is 0 Å². The van der Waals surface area contributed by atoms with Crippen LogP contribution in [-0.2, 0) is 6.42 Å². The number of hydrogen-bond donors (Lipinski definition) is 1. The summed E-state index contributed by atoms with van der Waals surface area (Å²) in [5.74, 6) is -1.23. The molecule has 0 spiro atoms. The summed E-state index contributed by atoms with van der Waals surface area (Å²) >= 11 is 0. The Morgan fingerprint density at radius 2 is 1.83 bits per heavy atom. The first-order chi connectivity index (χ1) is 8.51. The number of rotatable bonds is 2. The molecule has 0 unspecified atom stereocenters. The van der Waals surface area contributed by atoms with Crippen molar-refractivity contribution in [3.8, 4) is 11.4 Å². The standard InChI is InChI=1S/C13H12F2N2O/c1-3-11-7(2)16-12(17-13(11)18)8-4-9(14)6-10(15)5-8/h4-6H,3H2,1-2H3,(H,16,17,18). The van der Waals surface area contributed by atoms with Crippen LogP contribution in [0, 0.1) is 18.6 Å². The first kappa shape index (κ1) is 12.4. The van der Waals surface area contributed by atoms with Gasteiger partial charge in [-0.2, -0.15) is 0 Å². The van der Waals surface area contributed by atoms with Crippen molar-refractivity contribution < 1.29 is 8.78 Å². The van der Waals surface area contributed by atoms with Crippen LogP contribution >= 0.6 is 0 Å². The quantitative estimate of drug-likeness (QED) is 0.890. The number of nitrogens with one attached hydrogen (secondary N) is 1. The summed E-state index contributed by atoms with van der Waals surface area (Å²) in [7, 11) is 0. The highest BCUT2D eigenvalue weighted by Crippen LogP contribution is 2.17. The second-order valence-electron chi connectivity index (χ2n) is 3.99. The van der Waals surface area contributed by atoms with Gasteiger partial charge in [-0.05, 0) is 25.5 Å². The van der Waals surface area contributed by atoms with Crippen LogP contribution in [0.15, 0.2) is 23.0 Å². The number of nitrogens with zero attached hydrogens (tertiary/aromatic N) is 1. The molecule has 0 bridgehead atoms. The van der Waals surface area contributed by atoms with Crippen LogP contribution in [-0.4, -0.2) is 9.97 Å². The Morgan fingerprint density at radius 1 is 1.22 bits per heavy atom. The minimum atomic E-state index is -0.704. The predicted octanol–water partition coefficient (Wildman–Crippen LogP) is 2.59. The lowest BCUT2D eigenvalue weighted by Crippen LogP contribution is -2.16. The summed E-state index contributed by atoms with van der Waals surface area (Å²) in [6.45, 7) is 3.55. The fraction of sp³-hybridized carbons (Fsp3) is 0.231. The SMILES string of the molecule is CCc1c(C)nc(-c2cc(F)cc(F)c2)[nH]c1=O. The fourth-order valence-electron chi connectivity index (χ4n) is 1.85. The summed E-state index contributed by atoms with van der Waals surface area (Å²) in [4.78, 5) is 18.5. The third-order valence-corrected chi connectivity index (χ3v) is 2.71. The van der Waals surface area contributed by atoms with E-state index in [2.05, 4.69) is 9.97 Å². The highest BCUT2D eigenvalue weighted by atomic mass is 19.1. The van der Waals surface area contributed by atoms with Gasteiger partial charge in [0.1, 0.15) is 17.5 Å². The highest BCUT2D eigenvalue weighted by Gasteiger charge is 2.09. The van der Waals surface area contributed by atoms with Crippen LogP contribution in [0.25, 0.3) is 11.4 Å². The van der Waals surface area contributed by atoms with Crippen LogP contribution < -0.4 is 5.56 Å². The zero-order chi connectivity index (χ0) is 13.3. The molecule has 94 valence electrons. The smallest absolute Gasteiger partial charge is 0.254 e. The zero-order valence-corrected chi connectivity index (χ0v) is 10.1. The molecule has 0 radical (unpaired) electrons. The maximum absolute atomic E-state index is 13.1. The molecule has 3 nitrogen and oxygen atoms in total. The summed E-state index contributed by atoms with van der Waals surface area (Å²) in [6.07, 6.45) is 0.561. The van der Waals surface area contributed by atoms with Crippen molar-refractivity contribution in [2.75, 3.05) is 0 Å². The Kier molecular flexibility index (Phi) is 3.23. The second kappa shape index (κ2) is 4.68. The number of halogens is 2. The maximum atomic E-state index is 13.1. The molecule has 5 heteroatoms. The summed E-state index contributed by atoms with van der Waals surface area (Å²) in [5, 5.41) is 0. The lowest BCUT2D eigenvalue weighted by Gasteiger charge is -2.06. The van der Waals surface area contributed by atoms with E-state index in [0.29, 0.717) is 17.7 Å². The monoisotopic (exact) mass is 250 g/mol. The van der Waals surface area contributed by atoms with Crippen LogP contribution in [0.4, 0.5) is 8.78 Å². The van der Waals surface area contributed by atoms with E-state index >= 15 is 0 Å². The number of aromatic nitrogens is 2. The van der Waals surface area contributed by atoms with E-state index < -0.39 is 11.6 Å². The Hall–Kier alpha value is -2.04. The van der Waals surface area contributed by atoms with Gasteiger partial charge in [-0.25, -0.2) is 13.8 Å². The van der Waals surface area contributed by atoms with Gasteiger partial charge in [0.25, 0.3) is 5.56 Å². The molecule has 1 aromatic heterocycles. The number of aromatic amines is 1. The van der Waals surface area contributed by atoms with Crippen molar-refractivity contribution in [1.82, 2.24) is 9.97 Å². The number of benzene rings is 1. The third-order valence-electron chi connectivity index (χ3n) is 2.71. The zero-order valence-electron chi connectivity index (χ0n) is 10.1. The first-order valence-electron chi connectivity index (χ1n) is 5.57. The molecule has 0 atom stereocenters. The van der Waals surface area contributed by atoms with Gasteiger partial charge >= 0.3 is 0 Å². The van der Waals surface area contributed by atoms with E-state index in [0.717, 1.165) is 18.2 Å². The van der Waals surface area contributed by atoms with E-state index in [1.807, 2.05) is 6.92 Å². The maximum Gasteiger partial charge on any atom is 0.254 e. The van der Waals surface area contributed by atoms with Crippen LogP contribution in [0.5, 0.6) is 0 Å². The van der Waals surface area contributed by atoms with Gasteiger partial charge in [-0.15, -0.1) is 0 Å². The minimum Gasteiger partial charge on any atom is -0.306 e. The van der Waals surface area contributed by atoms with Crippen molar-refractivity contribution in [3.63, 3.8) is 0 Å². The van der Waals surface area contributed by atoms with Crippen LogP contribution in [0.2, 0.25) is 0 Å². The average molecular weight is 250 g/mol. The Balaban J connectivity index is 2.61. The molecule has 0 fully saturated rings. The van der Waals surface area contributed by atoms with E-state index in [4.69, 9.17) is 0 Å². The molecular formula is C13H12F2N2O. The fourth-order valence-corrected chi connectivity index (χ4v) is 1.85. The molecule has 1 N–H and O–H groups in total. The first-order valence-corrected chi connectivity index (χ1v) is 5.57. The molecular weight excluding hydrogens is 238 g/mol. The number of H-pyrrole nitrogens is 1. The van der Waals surface area contributed by atoms with E-state index in [-0.39, 0.29) is 16.9 Å². The van der Waals surface area contributed by atoms with Crippen LogP contribution in [0.3, 0.4) is 0 Å². The van der Waals surface area contributed by atoms with Gasteiger partial charge < -0.3 is 4.98 Å². The third kappa shape index (κ3) is 2.30. The van der Waals surface area contributed by atoms with Gasteiger partial charge in [0.2, 0.25) is 0 Å². The molecule has 0 amide bonds.